The van der Waals surface area contributed by atoms with Crippen LogP contribution in [0.1, 0.15) is 13.8 Å². The molecule has 1 rings (SSSR count). The standard InChI is InChI=1S/C9H13BrClN3O/c1-3-15-5-6(2)13-8-7(10)4-12-9(11)14-8/h4,6H,3,5H2,1-2H3,(H,12,13,14). The highest BCUT2D eigenvalue weighted by Crippen LogP contribution is 2.20. The SMILES string of the molecule is CCOCC(C)Nc1nc(Cl)ncc1Br. The molecule has 1 N–H and O–H groups in total. The molecule has 0 amide bonds. The zero-order valence-electron chi connectivity index (χ0n) is 8.63. The lowest BCUT2D eigenvalue weighted by atomic mass is 10.3. The van der Waals surface area contributed by atoms with Crippen LogP contribution in [0.4, 0.5) is 5.82 Å². The van der Waals surface area contributed by atoms with Crippen LogP contribution in [0.2, 0.25) is 5.28 Å². The molecule has 15 heavy (non-hydrogen) atoms. The monoisotopic (exact) mass is 293 g/mol. The normalized spacial score (nSPS) is 12.5. The minimum atomic E-state index is 0.173. The summed E-state index contributed by atoms with van der Waals surface area (Å²) in [5.74, 6) is 0.683. The molecule has 1 heterocycles. The summed E-state index contributed by atoms with van der Waals surface area (Å²) in [4.78, 5) is 7.91. The molecule has 1 aromatic rings. The van der Waals surface area contributed by atoms with Crippen molar-refractivity contribution in [2.24, 2.45) is 0 Å². The van der Waals surface area contributed by atoms with Crippen LogP contribution >= 0.6 is 27.5 Å². The highest BCUT2D eigenvalue weighted by molar-refractivity contribution is 9.10. The molecule has 0 aliphatic heterocycles. The van der Waals surface area contributed by atoms with Gasteiger partial charge in [-0.3, -0.25) is 0 Å². The number of rotatable bonds is 5. The van der Waals surface area contributed by atoms with E-state index in [1.54, 1.807) is 6.20 Å². The van der Waals surface area contributed by atoms with Gasteiger partial charge >= 0.3 is 0 Å². The lowest BCUT2D eigenvalue weighted by Crippen LogP contribution is -2.22. The number of nitrogens with one attached hydrogen (secondary N) is 1. The van der Waals surface area contributed by atoms with E-state index in [0.717, 1.165) is 4.47 Å². The van der Waals surface area contributed by atoms with Crippen molar-refractivity contribution in [1.82, 2.24) is 9.97 Å². The van der Waals surface area contributed by atoms with E-state index in [0.29, 0.717) is 19.0 Å². The molecule has 0 spiro atoms. The van der Waals surface area contributed by atoms with Crippen LogP contribution in [0.5, 0.6) is 0 Å². The number of halogens is 2. The molecular weight excluding hydrogens is 281 g/mol. The summed E-state index contributed by atoms with van der Waals surface area (Å²) in [5.41, 5.74) is 0. The minimum absolute atomic E-state index is 0.173. The van der Waals surface area contributed by atoms with Gasteiger partial charge in [-0.05, 0) is 41.4 Å². The molecule has 1 unspecified atom stereocenters. The highest BCUT2D eigenvalue weighted by atomic mass is 79.9. The lowest BCUT2D eigenvalue weighted by Gasteiger charge is -2.14. The van der Waals surface area contributed by atoms with E-state index in [4.69, 9.17) is 16.3 Å². The third kappa shape index (κ3) is 4.32. The van der Waals surface area contributed by atoms with E-state index in [1.165, 1.54) is 0 Å². The summed E-state index contributed by atoms with van der Waals surface area (Å²) < 4.78 is 6.07. The zero-order chi connectivity index (χ0) is 11.3. The first kappa shape index (κ1) is 12.7. The topological polar surface area (TPSA) is 47.0 Å². The van der Waals surface area contributed by atoms with Crippen LogP contribution in [-0.2, 0) is 4.74 Å². The molecule has 0 saturated heterocycles. The lowest BCUT2D eigenvalue weighted by molar-refractivity contribution is 0.141. The maximum absolute atomic E-state index is 5.69. The molecule has 4 nitrogen and oxygen atoms in total. The summed E-state index contributed by atoms with van der Waals surface area (Å²) in [6, 6.07) is 0.173. The van der Waals surface area contributed by atoms with Gasteiger partial charge in [0.2, 0.25) is 5.28 Å². The van der Waals surface area contributed by atoms with Crippen LogP contribution < -0.4 is 5.32 Å². The van der Waals surface area contributed by atoms with E-state index in [2.05, 4.69) is 31.2 Å². The molecule has 0 aliphatic carbocycles. The Bertz CT molecular complexity index is 324. The van der Waals surface area contributed by atoms with Crippen molar-refractivity contribution in [3.63, 3.8) is 0 Å². The van der Waals surface area contributed by atoms with Crippen molar-refractivity contribution in [1.29, 1.82) is 0 Å². The Morgan fingerprint density at radius 3 is 3.07 bits per heavy atom. The first-order chi connectivity index (χ1) is 7.13. The van der Waals surface area contributed by atoms with Crippen molar-refractivity contribution in [3.8, 4) is 0 Å². The molecule has 0 fully saturated rings. The molecule has 0 radical (unpaired) electrons. The minimum Gasteiger partial charge on any atom is -0.380 e. The van der Waals surface area contributed by atoms with Crippen LogP contribution in [0.25, 0.3) is 0 Å². The molecule has 0 aromatic carbocycles. The van der Waals surface area contributed by atoms with Gasteiger partial charge in [0, 0.05) is 18.8 Å². The Morgan fingerprint density at radius 2 is 2.40 bits per heavy atom. The van der Waals surface area contributed by atoms with E-state index < -0.39 is 0 Å². The fourth-order valence-corrected chi connectivity index (χ4v) is 1.46. The molecular formula is C9H13BrClN3O. The highest BCUT2D eigenvalue weighted by Gasteiger charge is 2.07. The van der Waals surface area contributed by atoms with Gasteiger partial charge in [-0.25, -0.2) is 4.98 Å². The largest absolute Gasteiger partial charge is 0.380 e. The van der Waals surface area contributed by atoms with Gasteiger partial charge in [0.05, 0.1) is 11.1 Å². The fourth-order valence-electron chi connectivity index (χ4n) is 1.02. The van der Waals surface area contributed by atoms with E-state index in [1.807, 2.05) is 13.8 Å². The smallest absolute Gasteiger partial charge is 0.224 e. The van der Waals surface area contributed by atoms with Gasteiger partial charge < -0.3 is 10.1 Å². The molecule has 6 heteroatoms. The molecule has 0 bridgehead atoms. The predicted molar refractivity (Wildman–Crippen MR) is 64.3 cm³/mol. The first-order valence-electron chi connectivity index (χ1n) is 4.65. The Kier molecular flexibility index (Phi) is 5.28. The Hall–Kier alpha value is -0.390. The number of anilines is 1. The van der Waals surface area contributed by atoms with Crippen molar-refractivity contribution >= 4 is 33.3 Å². The second-order valence-electron chi connectivity index (χ2n) is 3.04. The maximum atomic E-state index is 5.69. The molecule has 84 valence electrons. The average Bonchev–Trinajstić information content (AvgIpc) is 2.20. The molecule has 1 aromatic heterocycles. The van der Waals surface area contributed by atoms with Crippen LogP contribution in [0.3, 0.4) is 0 Å². The number of nitrogens with zero attached hydrogens (tertiary/aromatic N) is 2. The van der Waals surface area contributed by atoms with Crippen molar-refractivity contribution in [3.05, 3.63) is 16.0 Å². The van der Waals surface area contributed by atoms with Crippen LogP contribution in [0.15, 0.2) is 10.7 Å². The van der Waals surface area contributed by atoms with Gasteiger partial charge in [-0.1, -0.05) is 0 Å². The Balaban J connectivity index is 2.59. The van der Waals surface area contributed by atoms with Gasteiger partial charge in [0.15, 0.2) is 0 Å². The summed E-state index contributed by atoms with van der Waals surface area (Å²) in [5, 5.41) is 3.40. The molecule has 0 saturated carbocycles. The number of aromatic nitrogens is 2. The number of ether oxygens (including phenoxy) is 1. The summed E-state index contributed by atoms with van der Waals surface area (Å²) >= 11 is 9.03. The quantitative estimate of drug-likeness (QED) is 0.848. The first-order valence-corrected chi connectivity index (χ1v) is 5.83. The summed E-state index contributed by atoms with van der Waals surface area (Å²) in [6.07, 6.45) is 1.62. The predicted octanol–water partition coefficient (Wildman–Crippen LogP) is 2.73. The fraction of sp³-hybridized carbons (Fsp3) is 0.556. The number of hydrogen-bond acceptors (Lipinski definition) is 4. The second-order valence-corrected chi connectivity index (χ2v) is 4.23. The molecule has 1 atom stereocenters. The van der Waals surface area contributed by atoms with Gasteiger partial charge in [-0.15, -0.1) is 0 Å². The number of hydrogen-bond donors (Lipinski definition) is 1. The maximum Gasteiger partial charge on any atom is 0.224 e. The summed E-state index contributed by atoms with van der Waals surface area (Å²) in [7, 11) is 0. The van der Waals surface area contributed by atoms with Crippen LogP contribution in [0, 0.1) is 0 Å². The average molecular weight is 295 g/mol. The zero-order valence-corrected chi connectivity index (χ0v) is 11.0. The van der Waals surface area contributed by atoms with E-state index in [9.17, 15) is 0 Å². The Labute approximate surface area is 103 Å². The molecule has 0 aliphatic rings. The van der Waals surface area contributed by atoms with Crippen LogP contribution in [-0.4, -0.2) is 29.2 Å². The second kappa shape index (κ2) is 6.25. The summed E-state index contributed by atoms with van der Waals surface area (Å²) in [6.45, 7) is 5.31. The third-order valence-corrected chi connectivity index (χ3v) is 2.43. The van der Waals surface area contributed by atoms with Gasteiger partial charge in [0.25, 0.3) is 0 Å². The third-order valence-electron chi connectivity index (χ3n) is 1.67. The van der Waals surface area contributed by atoms with Gasteiger partial charge in [0.1, 0.15) is 5.82 Å². The van der Waals surface area contributed by atoms with E-state index in [-0.39, 0.29) is 11.3 Å². The Morgan fingerprint density at radius 1 is 1.67 bits per heavy atom. The van der Waals surface area contributed by atoms with Crippen molar-refractivity contribution in [2.45, 2.75) is 19.9 Å². The van der Waals surface area contributed by atoms with Gasteiger partial charge in [-0.2, -0.15) is 4.98 Å². The van der Waals surface area contributed by atoms with Crippen molar-refractivity contribution < 1.29 is 4.74 Å². The van der Waals surface area contributed by atoms with Crippen molar-refractivity contribution in [2.75, 3.05) is 18.5 Å². The van der Waals surface area contributed by atoms with E-state index >= 15 is 0 Å².